The first kappa shape index (κ1) is 32.8. The van der Waals surface area contributed by atoms with Gasteiger partial charge in [0.1, 0.15) is 0 Å². The molecule has 56 heavy (non-hydrogen) atoms. The Balaban J connectivity index is 1.12. The molecule has 0 bridgehead atoms. The third kappa shape index (κ3) is 5.92. The molecule has 0 unspecified atom stereocenters. The summed E-state index contributed by atoms with van der Waals surface area (Å²) in [5, 5.41) is 15.0. The second-order valence-electron chi connectivity index (χ2n) is 13.8. The van der Waals surface area contributed by atoms with Gasteiger partial charge in [0.2, 0.25) is 0 Å². The molecule has 5 nitrogen and oxygen atoms in total. The zero-order chi connectivity index (χ0) is 37.4. The number of pyridine rings is 1. The van der Waals surface area contributed by atoms with Crippen LogP contribution in [-0.2, 0) is 0 Å². The molecule has 5 heteroatoms. The van der Waals surface area contributed by atoms with Gasteiger partial charge in [-0.05, 0) is 85.8 Å². The lowest BCUT2D eigenvalue weighted by atomic mass is 9.88. The maximum Gasteiger partial charge on any atom is 0.164 e. The fourth-order valence-electron chi connectivity index (χ4n) is 7.63. The minimum Gasteiger partial charge on any atom is -0.256 e. The summed E-state index contributed by atoms with van der Waals surface area (Å²) in [5.41, 5.74) is 10.9. The smallest absolute Gasteiger partial charge is 0.164 e. The Hall–Kier alpha value is -7.81. The molecule has 8 aromatic carbocycles. The first-order valence-electron chi connectivity index (χ1n) is 18.5. The molecule has 10 aromatic rings. The molecular formula is C51H31N5. The number of fused-ring (bicyclic) bond motifs is 5. The Morgan fingerprint density at radius 1 is 0.339 bits per heavy atom. The van der Waals surface area contributed by atoms with Crippen LogP contribution in [0.15, 0.2) is 188 Å². The lowest BCUT2D eigenvalue weighted by molar-refractivity contribution is 1.07. The number of rotatable bonds is 6. The van der Waals surface area contributed by atoms with E-state index >= 15 is 0 Å². The van der Waals surface area contributed by atoms with Crippen molar-refractivity contribution in [2.45, 2.75) is 0 Å². The molecule has 0 aliphatic carbocycles. The van der Waals surface area contributed by atoms with E-state index in [9.17, 15) is 5.26 Å². The number of nitriles is 1. The predicted octanol–water partition coefficient (Wildman–Crippen LogP) is 12.6. The Kier molecular flexibility index (Phi) is 8.13. The monoisotopic (exact) mass is 713 g/mol. The first-order valence-corrected chi connectivity index (χ1v) is 18.5. The van der Waals surface area contributed by atoms with E-state index in [1.54, 1.807) is 0 Å². The van der Waals surface area contributed by atoms with E-state index in [1.807, 2.05) is 97.2 Å². The van der Waals surface area contributed by atoms with E-state index in [4.69, 9.17) is 19.9 Å². The molecule has 0 saturated carbocycles. The summed E-state index contributed by atoms with van der Waals surface area (Å²) in [4.78, 5) is 19.9. The largest absolute Gasteiger partial charge is 0.256 e. The van der Waals surface area contributed by atoms with Crippen LogP contribution in [0.2, 0.25) is 0 Å². The maximum absolute atomic E-state index is 9.24. The predicted molar refractivity (Wildman–Crippen MR) is 227 cm³/mol. The van der Waals surface area contributed by atoms with Gasteiger partial charge in [-0.25, -0.2) is 15.0 Å². The Bertz CT molecular complexity index is 3060. The molecule has 0 fully saturated rings. The molecule has 0 saturated heterocycles. The molecule has 0 N–H and O–H groups in total. The highest BCUT2D eigenvalue weighted by Gasteiger charge is 2.17. The minimum atomic E-state index is 0.609. The molecule has 260 valence electrons. The van der Waals surface area contributed by atoms with E-state index in [1.165, 1.54) is 10.8 Å². The highest BCUT2D eigenvalue weighted by molar-refractivity contribution is 6.23. The molecule has 0 radical (unpaired) electrons. The number of hydrogen-bond acceptors (Lipinski definition) is 5. The molecule has 0 aliphatic rings. The third-order valence-electron chi connectivity index (χ3n) is 10.4. The van der Waals surface area contributed by atoms with Crippen LogP contribution >= 0.6 is 0 Å². The minimum absolute atomic E-state index is 0.609. The van der Waals surface area contributed by atoms with Crippen LogP contribution in [0.25, 0.3) is 100.0 Å². The second-order valence-corrected chi connectivity index (χ2v) is 13.8. The Morgan fingerprint density at radius 3 is 1.50 bits per heavy atom. The number of aromatic nitrogens is 4. The molecule has 2 heterocycles. The third-order valence-corrected chi connectivity index (χ3v) is 10.4. The van der Waals surface area contributed by atoms with Crippen LogP contribution in [0, 0.1) is 11.3 Å². The van der Waals surface area contributed by atoms with Crippen molar-refractivity contribution in [1.29, 1.82) is 5.26 Å². The lowest BCUT2D eigenvalue weighted by Crippen LogP contribution is -2.00. The lowest BCUT2D eigenvalue weighted by Gasteiger charge is -2.16. The summed E-state index contributed by atoms with van der Waals surface area (Å²) in [6.45, 7) is 0. The van der Waals surface area contributed by atoms with Crippen LogP contribution in [0.1, 0.15) is 5.56 Å². The maximum atomic E-state index is 9.24. The van der Waals surface area contributed by atoms with Crippen LogP contribution in [0.5, 0.6) is 0 Å². The summed E-state index contributed by atoms with van der Waals surface area (Å²) in [5.74, 6) is 1.87. The highest BCUT2D eigenvalue weighted by atomic mass is 15.0. The molecule has 0 amide bonds. The highest BCUT2D eigenvalue weighted by Crippen LogP contribution is 2.42. The van der Waals surface area contributed by atoms with Crippen LogP contribution < -0.4 is 0 Å². The zero-order valence-corrected chi connectivity index (χ0v) is 30.1. The van der Waals surface area contributed by atoms with Crippen molar-refractivity contribution in [3.05, 3.63) is 194 Å². The van der Waals surface area contributed by atoms with Gasteiger partial charge in [0.05, 0.1) is 17.1 Å². The topological polar surface area (TPSA) is 75.3 Å². The first-order chi connectivity index (χ1) is 27.7. The average Bonchev–Trinajstić information content (AvgIpc) is 3.29. The number of benzene rings is 8. The summed E-state index contributed by atoms with van der Waals surface area (Å²) in [6, 6.07) is 64.6. The summed E-state index contributed by atoms with van der Waals surface area (Å²) in [7, 11) is 0. The molecule has 10 rings (SSSR count). The van der Waals surface area contributed by atoms with Crippen molar-refractivity contribution in [2.24, 2.45) is 0 Å². The van der Waals surface area contributed by atoms with E-state index in [0.29, 0.717) is 23.0 Å². The number of nitrogens with zero attached hydrogens (tertiary/aromatic N) is 5. The van der Waals surface area contributed by atoms with Gasteiger partial charge in [0.25, 0.3) is 0 Å². The van der Waals surface area contributed by atoms with Crippen molar-refractivity contribution < 1.29 is 0 Å². The van der Waals surface area contributed by atoms with Crippen molar-refractivity contribution >= 4 is 32.4 Å². The fraction of sp³-hybridized carbons (Fsp3) is 0. The van der Waals surface area contributed by atoms with Crippen molar-refractivity contribution in [3.63, 3.8) is 0 Å². The van der Waals surface area contributed by atoms with Gasteiger partial charge in [-0.2, -0.15) is 5.26 Å². The quantitative estimate of drug-likeness (QED) is 0.160. The van der Waals surface area contributed by atoms with E-state index < -0.39 is 0 Å². The van der Waals surface area contributed by atoms with Gasteiger partial charge in [-0.3, -0.25) is 4.98 Å². The Labute approximate surface area is 323 Å². The normalized spacial score (nSPS) is 11.2. The van der Waals surface area contributed by atoms with Crippen molar-refractivity contribution in [2.75, 3.05) is 0 Å². The summed E-state index contributed by atoms with van der Waals surface area (Å²) >= 11 is 0. The zero-order valence-electron chi connectivity index (χ0n) is 30.1. The summed E-state index contributed by atoms with van der Waals surface area (Å²) in [6.07, 6.45) is 1.87. The van der Waals surface area contributed by atoms with Gasteiger partial charge >= 0.3 is 0 Å². The molecule has 0 aliphatic heterocycles. The molecule has 0 atom stereocenters. The van der Waals surface area contributed by atoms with Gasteiger partial charge in [-0.1, -0.05) is 146 Å². The molecular weight excluding hydrogens is 683 g/mol. The van der Waals surface area contributed by atoms with Gasteiger partial charge in [0, 0.05) is 33.8 Å². The summed E-state index contributed by atoms with van der Waals surface area (Å²) < 4.78 is 0. The molecule has 0 spiro atoms. The van der Waals surface area contributed by atoms with Crippen molar-refractivity contribution in [3.8, 4) is 73.6 Å². The van der Waals surface area contributed by atoms with E-state index in [2.05, 4.69) is 97.1 Å². The molecule has 2 aromatic heterocycles. The second kappa shape index (κ2) is 13.9. The van der Waals surface area contributed by atoms with Crippen LogP contribution in [-0.4, -0.2) is 19.9 Å². The van der Waals surface area contributed by atoms with Gasteiger partial charge in [-0.15, -0.1) is 0 Å². The Morgan fingerprint density at radius 2 is 0.839 bits per heavy atom. The number of hydrogen-bond donors (Lipinski definition) is 0. The van der Waals surface area contributed by atoms with Crippen LogP contribution in [0.3, 0.4) is 0 Å². The van der Waals surface area contributed by atoms with Crippen molar-refractivity contribution in [1.82, 2.24) is 19.9 Å². The van der Waals surface area contributed by atoms with Gasteiger partial charge < -0.3 is 0 Å². The standard InChI is InChI=1S/C51H31N5/c52-32-33-20-22-34(23-21-33)35-24-26-36(27-25-35)44-30-47-43-19-10-28-53-48(43)45(31-46(47)42-18-8-7-17-41(42)44)39-15-9-16-40(29-39)51-55-49(37-11-3-1-4-12-37)54-50(56-51)38-13-5-2-6-14-38/h1-31H. The SMILES string of the molecule is N#Cc1ccc(-c2ccc(-c3cc4c5cccnc5c(-c5cccc(-c6nc(-c7ccccc7)nc(-c7ccccc7)n6)c5)cc4c4ccccc34)cc2)cc1. The average molecular weight is 714 g/mol. The van der Waals surface area contributed by atoms with Gasteiger partial charge in [0.15, 0.2) is 17.5 Å². The van der Waals surface area contributed by atoms with Crippen LogP contribution in [0.4, 0.5) is 0 Å². The fourth-order valence-corrected chi connectivity index (χ4v) is 7.63. The van der Waals surface area contributed by atoms with E-state index in [0.717, 1.165) is 71.7 Å². The van der Waals surface area contributed by atoms with E-state index in [-0.39, 0.29) is 0 Å².